The van der Waals surface area contributed by atoms with Gasteiger partial charge in [-0.2, -0.15) is 0 Å². The van der Waals surface area contributed by atoms with E-state index in [4.69, 9.17) is 4.74 Å². The number of nitrogens with one attached hydrogen (secondary N) is 1. The van der Waals surface area contributed by atoms with E-state index in [-0.39, 0.29) is 17.1 Å². The third-order valence-corrected chi connectivity index (χ3v) is 3.74. The number of nitrogens with zero attached hydrogens (tertiary/aromatic N) is 1. The van der Waals surface area contributed by atoms with E-state index in [1.807, 2.05) is 62.9 Å². The van der Waals surface area contributed by atoms with Crippen LogP contribution in [0.25, 0.3) is 10.9 Å². The van der Waals surface area contributed by atoms with E-state index < -0.39 is 0 Å². The molecule has 0 aliphatic carbocycles. The standard InChI is InChI=1S/C17H22N2O2/c1-16(2)10-19(11-17(3,4)21-16)15(20)14-9-12-7-5-6-8-13(12)18-14/h5-9,18H,10-11H2,1-4H3. The van der Waals surface area contributed by atoms with Crippen LogP contribution in [0.15, 0.2) is 30.3 Å². The molecule has 1 amide bonds. The van der Waals surface area contributed by atoms with Gasteiger partial charge in [0.1, 0.15) is 5.69 Å². The first-order valence-corrected chi connectivity index (χ1v) is 7.33. The maximum atomic E-state index is 12.8. The Kier molecular flexibility index (Phi) is 3.10. The van der Waals surface area contributed by atoms with Crippen LogP contribution in [0.5, 0.6) is 0 Å². The van der Waals surface area contributed by atoms with E-state index >= 15 is 0 Å². The van der Waals surface area contributed by atoms with E-state index in [0.29, 0.717) is 18.8 Å². The molecule has 4 heteroatoms. The fourth-order valence-electron chi connectivity index (χ4n) is 3.29. The molecule has 1 aliphatic rings. The molecule has 3 rings (SSSR count). The fraction of sp³-hybridized carbons (Fsp3) is 0.471. The van der Waals surface area contributed by atoms with Crippen molar-refractivity contribution in [2.75, 3.05) is 13.1 Å². The van der Waals surface area contributed by atoms with Gasteiger partial charge in [-0.1, -0.05) is 18.2 Å². The molecule has 0 bridgehead atoms. The van der Waals surface area contributed by atoms with Gasteiger partial charge < -0.3 is 14.6 Å². The normalized spacial score (nSPS) is 20.7. The molecule has 0 radical (unpaired) electrons. The van der Waals surface area contributed by atoms with E-state index in [9.17, 15) is 4.79 Å². The van der Waals surface area contributed by atoms with Crippen molar-refractivity contribution in [2.45, 2.75) is 38.9 Å². The topological polar surface area (TPSA) is 45.3 Å². The highest BCUT2D eigenvalue weighted by atomic mass is 16.5. The number of H-pyrrole nitrogens is 1. The Morgan fingerprint density at radius 3 is 2.38 bits per heavy atom. The van der Waals surface area contributed by atoms with E-state index in [0.717, 1.165) is 10.9 Å². The lowest BCUT2D eigenvalue weighted by molar-refractivity contribution is -0.171. The summed E-state index contributed by atoms with van der Waals surface area (Å²) in [6.07, 6.45) is 0. The van der Waals surface area contributed by atoms with Crippen molar-refractivity contribution in [2.24, 2.45) is 0 Å². The third-order valence-electron chi connectivity index (χ3n) is 3.74. The second kappa shape index (κ2) is 4.60. The Morgan fingerprint density at radius 2 is 1.76 bits per heavy atom. The first kappa shape index (κ1) is 14.1. The van der Waals surface area contributed by atoms with Crippen molar-refractivity contribution in [1.82, 2.24) is 9.88 Å². The van der Waals surface area contributed by atoms with Gasteiger partial charge in [-0.25, -0.2) is 0 Å². The van der Waals surface area contributed by atoms with Gasteiger partial charge in [0.15, 0.2) is 0 Å². The van der Waals surface area contributed by atoms with Gasteiger partial charge >= 0.3 is 0 Å². The van der Waals surface area contributed by atoms with E-state index in [2.05, 4.69) is 4.98 Å². The molecule has 2 aromatic rings. The number of ether oxygens (including phenoxy) is 1. The van der Waals surface area contributed by atoms with Crippen LogP contribution in [0.4, 0.5) is 0 Å². The highest BCUT2D eigenvalue weighted by Gasteiger charge is 2.40. The average Bonchev–Trinajstić information content (AvgIpc) is 2.77. The van der Waals surface area contributed by atoms with Gasteiger partial charge in [0.05, 0.1) is 11.2 Å². The summed E-state index contributed by atoms with van der Waals surface area (Å²) in [6, 6.07) is 9.86. The monoisotopic (exact) mass is 286 g/mol. The molecule has 21 heavy (non-hydrogen) atoms. The molecule has 1 saturated heterocycles. The second-order valence-corrected chi connectivity index (χ2v) is 7.05. The highest BCUT2D eigenvalue weighted by Crippen LogP contribution is 2.29. The van der Waals surface area contributed by atoms with Crippen molar-refractivity contribution in [3.05, 3.63) is 36.0 Å². The molecular formula is C17H22N2O2. The van der Waals surface area contributed by atoms with Gasteiger partial charge in [0.2, 0.25) is 0 Å². The number of carbonyl (C=O) groups excluding carboxylic acids is 1. The van der Waals surface area contributed by atoms with Crippen molar-refractivity contribution in [3.63, 3.8) is 0 Å². The molecule has 0 unspecified atom stereocenters. The number of rotatable bonds is 1. The number of hydrogen-bond donors (Lipinski definition) is 1. The van der Waals surface area contributed by atoms with Crippen LogP contribution in [0.3, 0.4) is 0 Å². The number of aromatic amines is 1. The number of hydrogen-bond acceptors (Lipinski definition) is 2. The van der Waals surface area contributed by atoms with Gasteiger partial charge in [0, 0.05) is 24.0 Å². The summed E-state index contributed by atoms with van der Waals surface area (Å²) < 4.78 is 6.03. The van der Waals surface area contributed by atoms with Crippen molar-refractivity contribution in [3.8, 4) is 0 Å². The average molecular weight is 286 g/mol. The number of morpholine rings is 1. The first-order chi connectivity index (χ1) is 9.76. The number of fused-ring (bicyclic) bond motifs is 1. The Labute approximate surface area is 125 Å². The molecule has 1 aromatic heterocycles. The molecule has 1 aromatic carbocycles. The lowest BCUT2D eigenvalue weighted by atomic mass is 9.98. The Hall–Kier alpha value is -1.81. The predicted octanol–water partition coefficient (Wildman–Crippen LogP) is 3.20. The molecular weight excluding hydrogens is 264 g/mol. The number of amides is 1. The van der Waals surface area contributed by atoms with Crippen LogP contribution < -0.4 is 0 Å². The summed E-state index contributed by atoms with van der Waals surface area (Å²) in [5.74, 6) is 0.0376. The Morgan fingerprint density at radius 1 is 1.14 bits per heavy atom. The van der Waals surface area contributed by atoms with Gasteiger partial charge in [-0.3, -0.25) is 4.79 Å². The SMILES string of the molecule is CC1(C)CN(C(=O)c2cc3ccccc3[nH]2)CC(C)(C)O1. The fourth-order valence-corrected chi connectivity index (χ4v) is 3.29. The molecule has 2 heterocycles. The minimum atomic E-state index is -0.330. The molecule has 0 atom stereocenters. The number of benzene rings is 1. The Balaban J connectivity index is 1.90. The van der Waals surface area contributed by atoms with Crippen molar-refractivity contribution in [1.29, 1.82) is 0 Å². The highest BCUT2D eigenvalue weighted by molar-refractivity contribution is 5.98. The molecule has 4 nitrogen and oxygen atoms in total. The lowest BCUT2D eigenvalue weighted by Gasteiger charge is -2.47. The number of aromatic nitrogens is 1. The molecule has 1 fully saturated rings. The van der Waals surface area contributed by atoms with Crippen molar-refractivity contribution < 1.29 is 9.53 Å². The number of carbonyl (C=O) groups is 1. The van der Waals surface area contributed by atoms with Gasteiger partial charge in [-0.05, 0) is 39.8 Å². The molecule has 0 saturated carbocycles. The first-order valence-electron chi connectivity index (χ1n) is 7.33. The number of para-hydroxylation sites is 1. The summed E-state index contributed by atoms with van der Waals surface area (Å²) in [7, 11) is 0. The van der Waals surface area contributed by atoms with Gasteiger partial charge in [0.25, 0.3) is 5.91 Å². The van der Waals surface area contributed by atoms with Gasteiger partial charge in [-0.15, -0.1) is 0 Å². The maximum absolute atomic E-state index is 12.8. The molecule has 0 spiro atoms. The van der Waals surface area contributed by atoms with Crippen molar-refractivity contribution >= 4 is 16.8 Å². The smallest absolute Gasteiger partial charge is 0.270 e. The third kappa shape index (κ3) is 2.81. The zero-order valence-corrected chi connectivity index (χ0v) is 13.1. The van der Waals surface area contributed by atoms with Crippen LogP contribution in [0.1, 0.15) is 38.2 Å². The summed E-state index contributed by atoms with van der Waals surface area (Å²) in [5.41, 5.74) is 0.977. The molecule has 1 aliphatic heterocycles. The van der Waals surface area contributed by atoms with Crippen LogP contribution in [0.2, 0.25) is 0 Å². The second-order valence-electron chi connectivity index (χ2n) is 7.05. The minimum Gasteiger partial charge on any atom is -0.366 e. The summed E-state index contributed by atoms with van der Waals surface area (Å²) in [5, 5.41) is 1.06. The molecule has 112 valence electrons. The maximum Gasteiger partial charge on any atom is 0.270 e. The summed E-state index contributed by atoms with van der Waals surface area (Å²) >= 11 is 0. The zero-order chi connectivity index (χ0) is 15.3. The predicted molar refractivity (Wildman–Crippen MR) is 83.4 cm³/mol. The Bertz CT molecular complexity index is 636. The zero-order valence-electron chi connectivity index (χ0n) is 13.1. The van der Waals surface area contributed by atoms with E-state index in [1.54, 1.807) is 0 Å². The molecule has 1 N–H and O–H groups in total. The summed E-state index contributed by atoms with van der Waals surface area (Å²) in [4.78, 5) is 17.9. The van der Waals surface area contributed by atoms with Crippen LogP contribution >= 0.6 is 0 Å². The minimum absolute atomic E-state index is 0.0376. The quantitative estimate of drug-likeness (QED) is 0.875. The largest absolute Gasteiger partial charge is 0.366 e. The summed E-state index contributed by atoms with van der Waals surface area (Å²) in [6.45, 7) is 9.31. The van der Waals surface area contributed by atoms with E-state index in [1.165, 1.54) is 0 Å². The van der Waals surface area contributed by atoms with Crippen LogP contribution in [0, 0.1) is 0 Å². The van der Waals surface area contributed by atoms with Crippen LogP contribution in [-0.4, -0.2) is 40.1 Å². The van der Waals surface area contributed by atoms with Crippen LogP contribution in [-0.2, 0) is 4.74 Å². The lowest BCUT2D eigenvalue weighted by Crippen LogP contribution is -2.58.